The molecule has 0 fully saturated rings. The summed E-state index contributed by atoms with van der Waals surface area (Å²) in [4.78, 5) is 0. The zero-order valence-electron chi connectivity index (χ0n) is 9.56. The lowest BCUT2D eigenvalue weighted by atomic mass is 9.83. The summed E-state index contributed by atoms with van der Waals surface area (Å²) in [5.74, 6) is 6.90. The van der Waals surface area contributed by atoms with E-state index < -0.39 is 0 Å². The lowest BCUT2D eigenvalue weighted by Crippen LogP contribution is -2.36. The Kier molecular flexibility index (Phi) is 4.42. The molecule has 1 unspecified atom stereocenters. The molecule has 0 saturated heterocycles. The highest BCUT2D eigenvalue weighted by molar-refractivity contribution is 5.20. The van der Waals surface area contributed by atoms with Crippen LogP contribution in [-0.4, -0.2) is 13.1 Å². The van der Waals surface area contributed by atoms with E-state index >= 15 is 0 Å². The minimum atomic E-state index is 0.661. The zero-order chi connectivity index (χ0) is 10.6. The molecular weight excluding hydrogens is 174 g/mol. The van der Waals surface area contributed by atoms with Gasteiger partial charge in [0.25, 0.3) is 0 Å². The molecule has 4 N–H and O–H groups in total. The van der Waals surface area contributed by atoms with Crippen molar-refractivity contribution in [2.75, 3.05) is 13.1 Å². The van der Waals surface area contributed by atoms with Gasteiger partial charge in [0, 0.05) is 25.2 Å². The average molecular weight is 197 g/mol. The summed E-state index contributed by atoms with van der Waals surface area (Å²) < 4.78 is 0. The quantitative estimate of drug-likeness (QED) is 0.471. The van der Waals surface area contributed by atoms with Gasteiger partial charge in [-0.3, -0.25) is 5.84 Å². The molecule has 0 saturated carbocycles. The van der Waals surface area contributed by atoms with Crippen molar-refractivity contribution in [3.63, 3.8) is 0 Å². The van der Waals surface area contributed by atoms with Crippen molar-refractivity contribution in [1.82, 2.24) is 10.7 Å². The second-order valence-electron chi connectivity index (χ2n) is 4.33. The largest absolute Gasteiger partial charge is 0.328 e. The molecule has 1 aliphatic heterocycles. The molecule has 1 atom stereocenters. The van der Waals surface area contributed by atoms with Gasteiger partial charge in [0.05, 0.1) is 0 Å². The fourth-order valence-corrected chi connectivity index (χ4v) is 2.34. The third-order valence-corrected chi connectivity index (χ3v) is 3.12. The minimum Gasteiger partial charge on any atom is -0.328 e. The van der Waals surface area contributed by atoms with Crippen molar-refractivity contribution < 1.29 is 0 Å². The topological polar surface area (TPSA) is 50.1 Å². The van der Waals surface area contributed by atoms with Crippen LogP contribution in [0.3, 0.4) is 0 Å². The molecule has 1 rings (SSSR count). The van der Waals surface area contributed by atoms with Crippen LogP contribution in [0.25, 0.3) is 0 Å². The van der Waals surface area contributed by atoms with Gasteiger partial charge in [0.1, 0.15) is 0 Å². The molecule has 3 heteroatoms. The van der Waals surface area contributed by atoms with Gasteiger partial charge in [0.15, 0.2) is 0 Å². The van der Waals surface area contributed by atoms with Gasteiger partial charge in [-0.15, -0.1) is 0 Å². The first-order valence-electron chi connectivity index (χ1n) is 5.59. The molecule has 0 aromatic rings. The van der Waals surface area contributed by atoms with E-state index in [2.05, 4.69) is 31.5 Å². The Balaban J connectivity index is 2.83. The molecule has 0 aliphatic carbocycles. The molecule has 0 amide bonds. The molecule has 82 valence electrons. The van der Waals surface area contributed by atoms with Gasteiger partial charge < -0.3 is 10.7 Å². The smallest absolute Gasteiger partial charge is 0.0279 e. The summed E-state index contributed by atoms with van der Waals surface area (Å²) in [6, 6.07) is 0. The van der Waals surface area contributed by atoms with E-state index in [9.17, 15) is 0 Å². The normalized spacial score (nSPS) is 20.1. The fourth-order valence-electron chi connectivity index (χ4n) is 2.34. The number of rotatable bonds is 4. The molecular formula is C11H23N3. The van der Waals surface area contributed by atoms with Crippen LogP contribution in [0.5, 0.6) is 0 Å². The maximum atomic E-state index is 5.55. The lowest BCUT2D eigenvalue weighted by Gasteiger charge is -2.29. The van der Waals surface area contributed by atoms with Gasteiger partial charge in [-0.1, -0.05) is 20.8 Å². The van der Waals surface area contributed by atoms with Crippen LogP contribution in [0.4, 0.5) is 0 Å². The van der Waals surface area contributed by atoms with Crippen LogP contribution in [0.1, 0.15) is 33.6 Å². The standard InChI is InChI=1S/C11H23N3/c1-4-9(8(2)3)10-7-13-6-5-11(10)14-12/h8-9,13-14H,4-7,12H2,1-3H3. The van der Waals surface area contributed by atoms with E-state index in [1.54, 1.807) is 0 Å². The van der Waals surface area contributed by atoms with E-state index in [-0.39, 0.29) is 0 Å². The Labute approximate surface area is 87.1 Å². The predicted octanol–water partition coefficient (Wildman–Crippen LogP) is 1.38. The van der Waals surface area contributed by atoms with Gasteiger partial charge in [-0.05, 0) is 23.8 Å². The Morgan fingerprint density at radius 2 is 2.21 bits per heavy atom. The molecule has 0 aromatic carbocycles. The van der Waals surface area contributed by atoms with Crippen molar-refractivity contribution in [2.45, 2.75) is 33.6 Å². The van der Waals surface area contributed by atoms with E-state index in [1.807, 2.05) is 0 Å². The van der Waals surface area contributed by atoms with Crippen LogP contribution in [0.15, 0.2) is 11.3 Å². The molecule has 0 bridgehead atoms. The predicted molar refractivity (Wildman–Crippen MR) is 60.5 cm³/mol. The maximum absolute atomic E-state index is 5.55. The Morgan fingerprint density at radius 3 is 2.71 bits per heavy atom. The van der Waals surface area contributed by atoms with E-state index in [0.717, 1.165) is 19.5 Å². The highest BCUT2D eigenvalue weighted by Gasteiger charge is 2.21. The van der Waals surface area contributed by atoms with Crippen LogP contribution in [-0.2, 0) is 0 Å². The molecule has 0 spiro atoms. The molecule has 0 aromatic heterocycles. The second-order valence-corrected chi connectivity index (χ2v) is 4.33. The number of hydrogen-bond acceptors (Lipinski definition) is 3. The van der Waals surface area contributed by atoms with Crippen molar-refractivity contribution in [2.24, 2.45) is 17.7 Å². The van der Waals surface area contributed by atoms with E-state index in [0.29, 0.717) is 11.8 Å². The number of hydrazine groups is 1. The first-order valence-corrected chi connectivity index (χ1v) is 5.59. The molecule has 14 heavy (non-hydrogen) atoms. The Morgan fingerprint density at radius 1 is 1.50 bits per heavy atom. The summed E-state index contributed by atoms with van der Waals surface area (Å²) >= 11 is 0. The summed E-state index contributed by atoms with van der Waals surface area (Å²) in [5.41, 5.74) is 5.60. The van der Waals surface area contributed by atoms with Gasteiger partial charge in [0.2, 0.25) is 0 Å². The molecule has 0 radical (unpaired) electrons. The minimum absolute atomic E-state index is 0.661. The van der Waals surface area contributed by atoms with Crippen LogP contribution in [0, 0.1) is 11.8 Å². The Bertz CT molecular complexity index is 209. The van der Waals surface area contributed by atoms with Crippen molar-refractivity contribution in [3.8, 4) is 0 Å². The molecule has 1 aliphatic rings. The summed E-state index contributed by atoms with van der Waals surface area (Å²) in [5, 5.41) is 3.42. The van der Waals surface area contributed by atoms with Crippen molar-refractivity contribution in [1.29, 1.82) is 0 Å². The number of hydrogen-bond donors (Lipinski definition) is 3. The van der Waals surface area contributed by atoms with Gasteiger partial charge >= 0.3 is 0 Å². The summed E-state index contributed by atoms with van der Waals surface area (Å²) in [7, 11) is 0. The maximum Gasteiger partial charge on any atom is 0.0279 e. The highest BCUT2D eigenvalue weighted by Crippen LogP contribution is 2.27. The van der Waals surface area contributed by atoms with Crippen LogP contribution in [0.2, 0.25) is 0 Å². The zero-order valence-corrected chi connectivity index (χ0v) is 9.56. The number of nitrogens with one attached hydrogen (secondary N) is 2. The van der Waals surface area contributed by atoms with E-state index in [1.165, 1.54) is 17.7 Å². The van der Waals surface area contributed by atoms with Gasteiger partial charge in [-0.25, -0.2) is 0 Å². The van der Waals surface area contributed by atoms with Crippen LogP contribution < -0.4 is 16.6 Å². The van der Waals surface area contributed by atoms with Crippen LogP contribution >= 0.6 is 0 Å². The summed E-state index contributed by atoms with van der Waals surface area (Å²) in [6.07, 6.45) is 2.23. The number of nitrogens with two attached hydrogens (primary N) is 1. The summed E-state index contributed by atoms with van der Waals surface area (Å²) in [6.45, 7) is 8.85. The second kappa shape index (κ2) is 5.37. The fraction of sp³-hybridized carbons (Fsp3) is 0.818. The first-order chi connectivity index (χ1) is 6.70. The average Bonchev–Trinajstić information content (AvgIpc) is 2.19. The monoisotopic (exact) mass is 197 g/mol. The molecule has 1 heterocycles. The highest BCUT2D eigenvalue weighted by atomic mass is 15.2. The SMILES string of the molecule is CCC(C1=C(NN)CCNC1)C(C)C. The van der Waals surface area contributed by atoms with Crippen molar-refractivity contribution >= 4 is 0 Å². The third kappa shape index (κ3) is 2.49. The van der Waals surface area contributed by atoms with E-state index in [4.69, 9.17) is 5.84 Å². The first kappa shape index (κ1) is 11.5. The molecule has 3 nitrogen and oxygen atoms in total. The lowest BCUT2D eigenvalue weighted by molar-refractivity contribution is 0.402. The van der Waals surface area contributed by atoms with Crippen molar-refractivity contribution in [3.05, 3.63) is 11.3 Å². The van der Waals surface area contributed by atoms with Gasteiger partial charge in [-0.2, -0.15) is 0 Å². The Hall–Kier alpha value is -0.540. The third-order valence-electron chi connectivity index (χ3n) is 3.12.